The first kappa shape index (κ1) is 26.0. The molecule has 0 aromatic rings. The van der Waals surface area contributed by atoms with Crippen LogP contribution in [0.15, 0.2) is 0 Å². The molecule has 0 amide bonds. The van der Waals surface area contributed by atoms with Crippen molar-refractivity contribution in [3.05, 3.63) is 0 Å². The number of carboxylic acid groups (broad SMARTS) is 6. The molecule has 168 valence electrons. The second-order valence-corrected chi connectivity index (χ2v) is 5.46. The van der Waals surface area contributed by atoms with Gasteiger partial charge in [-0.2, -0.15) is 14.6 Å². The smallest absolute Gasteiger partial charge is 0.481 e. The first-order valence-electron chi connectivity index (χ1n) is 7.25. The van der Waals surface area contributed by atoms with Crippen molar-refractivity contribution >= 4 is 42.0 Å². The van der Waals surface area contributed by atoms with Gasteiger partial charge in [-0.25, -0.2) is 9.59 Å². The number of hydrogen-bond acceptors (Lipinski definition) is 11. The summed E-state index contributed by atoms with van der Waals surface area (Å²) in [7, 11) is 0. The molecule has 0 unspecified atom stereocenters. The molecule has 17 nitrogen and oxygen atoms in total. The molecule has 0 heterocycles. The molecule has 0 rings (SSSR count). The number of rotatable bonds is 14. The standard InChI is InChI=1S/C13H14O17/c14-5(15)1-12(9(22)23,2-6(16)17)29-27-11(26)28-30-13(10(24)25,3-7(18)19)4-8(20)21/h1-4H2,(H,14,15)(H,16,17)(H,18,19)(H,20,21)(H,22,23)(H,24,25). The van der Waals surface area contributed by atoms with E-state index in [0.717, 1.165) is 0 Å². The summed E-state index contributed by atoms with van der Waals surface area (Å²) in [4.78, 5) is 92.7. The predicted molar refractivity (Wildman–Crippen MR) is 79.5 cm³/mol. The van der Waals surface area contributed by atoms with Crippen LogP contribution >= 0.6 is 0 Å². The van der Waals surface area contributed by atoms with Gasteiger partial charge in [-0.3, -0.25) is 29.0 Å². The molecule has 0 bridgehead atoms. The molecular weight excluding hydrogens is 428 g/mol. The minimum absolute atomic E-state index is 1.51. The number of carbonyl (C=O) groups is 7. The Kier molecular flexibility index (Phi) is 9.13. The van der Waals surface area contributed by atoms with Gasteiger partial charge in [0.1, 0.15) is 0 Å². The highest BCUT2D eigenvalue weighted by Gasteiger charge is 2.49. The predicted octanol–water partition coefficient (Wildman–Crippen LogP) is -1.45. The summed E-state index contributed by atoms with van der Waals surface area (Å²) in [6, 6.07) is 0. The molecule has 0 aliphatic carbocycles. The minimum atomic E-state index is -3.14. The molecule has 0 aliphatic rings. The summed E-state index contributed by atoms with van der Waals surface area (Å²) < 4.78 is 0. The Bertz CT molecular complexity index is 644. The lowest BCUT2D eigenvalue weighted by Gasteiger charge is -2.25. The van der Waals surface area contributed by atoms with Gasteiger partial charge in [0.2, 0.25) is 11.2 Å². The molecule has 17 heteroatoms. The summed E-state index contributed by atoms with van der Waals surface area (Å²) in [5.41, 5.74) is -6.27. The largest absolute Gasteiger partial charge is 0.573 e. The third kappa shape index (κ3) is 7.94. The van der Waals surface area contributed by atoms with E-state index in [1.54, 1.807) is 0 Å². The number of hydrogen-bond donors (Lipinski definition) is 6. The van der Waals surface area contributed by atoms with Crippen LogP contribution in [0.4, 0.5) is 4.79 Å². The van der Waals surface area contributed by atoms with Crippen molar-refractivity contribution < 1.29 is 83.8 Å². The van der Waals surface area contributed by atoms with Gasteiger partial charge in [-0.15, -0.1) is 0 Å². The lowest BCUT2D eigenvalue weighted by Crippen LogP contribution is -2.47. The van der Waals surface area contributed by atoms with E-state index < -0.39 is 78.9 Å². The highest BCUT2D eigenvalue weighted by atomic mass is 17.3. The van der Waals surface area contributed by atoms with Crippen LogP contribution in [0.2, 0.25) is 0 Å². The Morgan fingerprint density at radius 3 is 0.900 bits per heavy atom. The van der Waals surface area contributed by atoms with Gasteiger partial charge in [-0.1, -0.05) is 0 Å². The fourth-order valence-corrected chi connectivity index (χ4v) is 1.84. The zero-order valence-corrected chi connectivity index (χ0v) is 14.5. The molecule has 0 saturated carbocycles. The molecule has 0 spiro atoms. The lowest BCUT2D eigenvalue weighted by molar-refractivity contribution is -0.374. The Hall–Kier alpha value is -3.99. The molecule has 0 saturated heterocycles. The van der Waals surface area contributed by atoms with Crippen molar-refractivity contribution in [3.8, 4) is 0 Å². The van der Waals surface area contributed by atoms with Gasteiger partial charge in [0.15, 0.2) is 0 Å². The molecule has 6 N–H and O–H groups in total. The van der Waals surface area contributed by atoms with Gasteiger partial charge in [0.25, 0.3) is 0 Å². The second kappa shape index (κ2) is 10.5. The topological polar surface area (TPSA) is 278 Å². The van der Waals surface area contributed by atoms with Gasteiger partial charge in [0.05, 0.1) is 25.7 Å². The number of carboxylic acids is 6. The van der Waals surface area contributed by atoms with E-state index in [2.05, 4.69) is 19.6 Å². The molecular formula is C13H14O17. The van der Waals surface area contributed by atoms with Gasteiger partial charge >= 0.3 is 42.0 Å². The maximum Gasteiger partial charge on any atom is 0.573 e. The molecule has 0 aliphatic heterocycles. The quantitative estimate of drug-likeness (QED) is 0.132. The normalized spacial score (nSPS) is 11.2. The summed E-state index contributed by atoms with van der Waals surface area (Å²) in [6.45, 7) is 0. The first-order valence-corrected chi connectivity index (χ1v) is 7.25. The van der Waals surface area contributed by atoms with Crippen LogP contribution in [-0.4, -0.2) is 83.8 Å². The average Bonchev–Trinajstić information content (AvgIpc) is 2.55. The molecule has 30 heavy (non-hydrogen) atoms. The van der Waals surface area contributed by atoms with Gasteiger partial charge < -0.3 is 30.6 Å². The van der Waals surface area contributed by atoms with Crippen molar-refractivity contribution in [2.75, 3.05) is 0 Å². The van der Waals surface area contributed by atoms with E-state index in [9.17, 15) is 33.6 Å². The Morgan fingerprint density at radius 1 is 0.500 bits per heavy atom. The molecule has 0 atom stereocenters. The minimum Gasteiger partial charge on any atom is -0.481 e. The van der Waals surface area contributed by atoms with Crippen molar-refractivity contribution in [1.29, 1.82) is 0 Å². The Labute approximate surface area is 163 Å². The zero-order valence-electron chi connectivity index (χ0n) is 14.5. The maximum absolute atomic E-state index is 11.5. The maximum atomic E-state index is 11.5. The third-order valence-electron chi connectivity index (χ3n) is 3.07. The van der Waals surface area contributed by atoms with Crippen molar-refractivity contribution in [1.82, 2.24) is 0 Å². The monoisotopic (exact) mass is 442 g/mol. The van der Waals surface area contributed by atoms with Crippen molar-refractivity contribution in [2.45, 2.75) is 36.9 Å². The summed E-state index contributed by atoms with van der Waals surface area (Å²) in [6.07, 6.45) is -8.29. The second-order valence-electron chi connectivity index (χ2n) is 5.46. The van der Waals surface area contributed by atoms with E-state index in [1.807, 2.05) is 0 Å². The fraction of sp³-hybridized carbons (Fsp3) is 0.462. The average molecular weight is 442 g/mol. The van der Waals surface area contributed by atoms with E-state index in [1.165, 1.54) is 0 Å². The summed E-state index contributed by atoms with van der Waals surface area (Å²) in [5.74, 6) is -11.9. The van der Waals surface area contributed by atoms with Crippen LogP contribution < -0.4 is 0 Å². The molecule has 0 aromatic heterocycles. The zero-order chi connectivity index (χ0) is 23.7. The Balaban J connectivity index is 5.42. The first-order chi connectivity index (χ1) is 13.7. The van der Waals surface area contributed by atoms with Gasteiger partial charge in [0, 0.05) is 0 Å². The van der Waals surface area contributed by atoms with Crippen LogP contribution in [0.1, 0.15) is 25.7 Å². The summed E-state index contributed by atoms with van der Waals surface area (Å²) >= 11 is 0. The summed E-state index contributed by atoms with van der Waals surface area (Å²) in [5, 5.41) is 52.9. The van der Waals surface area contributed by atoms with E-state index >= 15 is 0 Å². The van der Waals surface area contributed by atoms with E-state index in [-0.39, 0.29) is 0 Å². The SMILES string of the molecule is O=C(O)CC(CC(=O)O)(OOC(=O)OOC(CC(=O)O)(CC(=O)O)C(=O)O)C(=O)O. The number of carbonyl (C=O) groups excluding carboxylic acids is 1. The molecule has 0 aromatic carbocycles. The van der Waals surface area contributed by atoms with E-state index in [4.69, 9.17) is 30.6 Å². The van der Waals surface area contributed by atoms with Gasteiger partial charge in [-0.05, 0) is 0 Å². The Morgan fingerprint density at radius 2 is 0.733 bits per heavy atom. The highest BCUT2D eigenvalue weighted by molar-refractivity contribution is 5.89. The van der Waals surface area contributed by atoms with Crippen LogP contribution in [0.5, 0.6) is 0 Å². The van der Waals surface area contributed by atoms with Crippen LogP contribution in [0, 0.1) is 0 Å². The van der Waals surface area contributed by atoms with Crippen LogP contribution in [-0.2, 0) is 48.3 Å². The van der Waals surface area contributed by atoms with Crippen LogP contribution in [0.3, 0.4) is 0 Å². The molecule has 0 fully saturated rings. The van der Waals surface area contributed by atoms with Crippen molar-refractivity contribution in [2.24, 2.45) is 0 Å². The highest BCUT2D eigenvalue weighted by Crippen LogP contribution is 2.25. The van der Waals surface area contributed by atoms with Crippen LogP contribution in [0.25, 0.3) is 0 Å². The molecule has 0 radical (unpaired) electrons. The van der Waals surface area contributed by atoms with E-state index in [0.29, 0.717) is 0 Å². The number of aliphatic carboxylic acids is 6. The fourth-order valence-electron chi connectivity index (χ4n) is 1.84. The lowest BCUT2D eigenvalue weighted by atomic mass is 9.96. The third-order valence-corrected chi connectivity index (χ3v) is 3.07. The van der Waals surface area contributed by atoms with Crippen molar-refractivity contribution in [3.63, 3.8) is 0 Å².